The van der Waals surface area contributed by atoms with Crippen molar-refractivity contribution in [1.29, 1.82) is 0 Å². The number of nitrogen functional groups attached to an aromatic ring is 1. The van der Waals surface area contributed by atoms with E-state index in [2.05, 4.69) is 9.97 Å². The number of rotatable bonds is 2. The molecule has 70 valence electrons. The molecule has 2 heterocycles. The lowest BCUT2D eigenvalue weighted by Crippen LogP contribution is -2.08. The van der Waals surface area contributed by atoms with Gasteiger partial charge in [-0.3, -0.25) is 0 Å². The Hall–Kier alpha value is -1.36. The van der Waals surface area contributed by atoms with Gasteiger partial charge in [0.1, 0.15) is 0 Å². The van der Waals surface area contributed by atoms with E-state index in [1.807, 2.05) is 0 Å². The molecule has 0 amide bonds. The van der Waals surface area contributed by atoms with Crippen molar-refractivity contribution in [2.75, 3.05) is 18.9 Å². The Labute approximate surface area is 76.1 Å². The van der Waals surface area contributed by atoms with E-state index in [-0.39, 0.29) is 0 Å². The third kappa shape index (κ3) is 1.42. The van der Waals surface area contributed by atoms with Crippen LogP contribution in [0.2, 0.25) is 0 Å². The monoisotopic (exact) mass is 180 g/mol. The zero-order valence-corrected chi connectivity index (χ0v) is 7.29. The van der Waals surface area contributed by atoms with Crippen molar-refractivity contribution in [2.24, 2.45) is 5.73 Å². The Morgan fingerprint density at radius 1 is 1.38 bits per heavy atom. The van der Waals surface area contributed by atoms with E-state index in [0.29, 0.717) is 25.5 Å². The smallest absolute Gasteiger partial charge is 0.220 e. The Morgan fingerprint density at radius 2 is 2.23 bits per heavy atom. The summed E-state index contributed by atoms with van der Waals surface area (Å²) in [5.41, 5.74) is 12.7. The Bertz CT molecular complexity index is 326. The van der Waals surface area contributed by atoms with Gasteiger partial charge in [0.05, 0.1) is 18.0 Å². The van der Waals surface area contributed by atoms with E-state index in [1.54, 1.807) is 0 Å². The number of ether oxygens (including phenoxy) is 1. The summed E-state index contributed by atoms with van der Waals surface area (Å²) in [5.74, 6) is 1.10. The number of nitrogens with two attached hydrogens (primary N) is 2. The third-order valence-corrected chi connectivity index (χ3v) is 1.99. The van der Waals surface area contributed by atoms with Gasteiger partial charge in [-0.05, 0) is 6.54 Å². The summed E-state index contributed by atoms with van der Waals surface area (Å²) in [4.78, 5) is 8.19. The molecule has 0 fully saturated rings. The van der Waals surface area contributed by atoms with E-state index in [0.717, 1.165) is 23.6 Å². The van der Waals surface area contributed by atoms with Gasteiger partial charge in [0.15, 0.2) is 5.75 Å². The molecular formula is C8H12N4O. The number of fused-ring (bicyclic) bond motifs is 1. The number of aromatic nitrogens is 2. The molecule has 0 unspecified atom stereocenters. The first-order chi connectivity index (χ1) is 6.31. The Kier molecular flexibility index (Phi) is 2.02. The molecule has 13 heavy (non-hydrogen) atoms. The van der Waals surface area contributed by atoms with Crippen LogP contribution in [-0.4, -0.2) is 23.1 Å². The Balaban J connectivity index is 2.43. The molecular weight excluding hydrogens is 168 g/mol. The quantitative estimate of drug-likeness (QED) is 0.640. The van der Waals surface area contributed by atoms with Crippen molar-refractivity contribution in [3.05, 3.63) is 11.4 Å². The van der Waals surface area contributed by atoms with Crippen molar-refractivity contribution in [1.82, 2.24) is 9.97 Å². The third-order valence-electron chi connectivity index (χ3n) is 1.99. The van der Waals surface area contributed by atoms with Gasteiger partial charge in [0.2, 0.25) is 5.95 Å². The highest BCUT2D eigenvalue weighted by Crippen LogP contribution is 2.27. The van der Waals surface area contributed by atoms with E-state index in [4.69, 9.17) is 16.2 Å². The molecule has 0 atom stereocenters. The molecule has 0 radical (unpaired) electrons. The molecule has 1 aliphatic heterocycles. The van der Waals surface area contributed by atoms with Crippen LogP contribution in [0.1, 0.15) is 11.4 Å². The van der Waals surface area contributed by atoms with Crippen LogP contribution in [0, 0.1) is 0 Å². The highest BCUT2D eigenvalue weighted by molar-refractivity contribution is 5.40. The summed E-state index contributed by atoms with van der Waals surface area (Å²) in [6, 6.07) is 0. The first kappa shape index (κ1) is 8.25. The van der Waals surface area contributed by atoms with Crippen LogP contribution in [-0.2, 0) is 12.8 Å². The van der Waals surface area contributed by atoms with Crippen LogP contribution in [0.4, 0.5) is 5.95 Å². The fourth-order valence-corrected chi connectivity index (χ4v) is 1.46. The molecule has 0 saturated carbocycles. The first-order valence-electron chi connectivity index (χ1n) is 4.29. The van der Waals surface area contributed by atoms with E-state index in [9.17, 15) is 0 Å². The maximum atomic E-state index is 5.54. The van der Waals surface area contributed by atoms with Gasteiger partial charge in [0, 0.05) is 12.8 Å². The predicted octanol–water partition coefficient (Wildman–Crippen LogP) is -0.505. The minimum Gasteiger partial charge on any atom is -0.489 e. The van der Waals surface area contributed by atoms with Gasteiger partial charge in [-0.25, -0.2) is 9.97 Å². The van der Waals surface area contributed by atoms with E-state index < -0.39 is 0 Å². The summed E-state index contributed by atoms with van der Waals surface area (Å²) in [7, 11) is 0. The molecule has 1 aromatic heterocycles. The number of nitrogens with zero attached hydrogens (tertiary/aromatic N) is 2. The molecule has 5 heteroatoms. The van der Waals surface area contributed by atoms with Crippen LogP contribution in [0.25, 0.3) is 0 Å². The lowest BCUT2D eigenvalue weighted by atomic mass is 10.2. The molecule has 5 nitrogen and oxygen atoms in total. The number of hydrogen-bond donors (Lipinski definition) is 2. The zero-order valence-electron chi connectivity index (χ0n) is 7.29. The fraction of sp³-hybridized carbons (Fsp3) is 0.500. The normalized spacial score (nSPS) is 13.9. The summed E-state index contributed by atoms with van der Waals surface area (Å²) >= 11 is 0. The fourth-order valence-electron chi connectivity index (χ4n) is 1.46. The summed E-state index contributed by atoms with van der Waals surface area (Å²) in [6.45, 7) is 1.22. The van der Waals surface area contributed by atoms with Gasteiger partial charge >= 0.3 is 0 Å². The van der Waals surface area contributed by atoms with Crippen LogP contribution < -0.4 is 16.2 Å². The summed E-state index contributed by atoms with van der Waals surface area (Å²) < 4.78 is 5.40. The van der Waals surface area contributed by atoms with Crippen LogP contribution in [0.3, 0.4) is 0 Å². The van der Waals surface area contributed by atoms with Gasteiger partial charge < -0.3 is 16.2 Å². The lowest BCUT2D eigenvalue weighted by molar-refractivity contribution is 0.352. The van der Waals surface area contributed by atoms with Crippen LogP contribution in [0.5, 0.6) is 5.75 Å². The van der Waals surface area contributed by atoms with Crippen molar-refractivity contribution in [3.63, 3.8) is 0 Å². The van der Waals surface area contributed by atoms with E-state index in [1.165, 1.54) is 0 Å². The molecule has 2 rings (SSSR count). The van der Waals surface area contributed by atoms with Crippen molar-refractivity contribution in [2.45, 2.75) is 12.8 Å². The predicted molar refractivity (Wildman–Crippen MR) is 48.4 cm³/mol. The molecule has 0 bridgehead atoms. The zero-order chi connectivity index (χ0) is 9.26. The highest BCUT2D eigenvalue weighted by Gasteiger charge is 2.19. The molecule has 0 aromatic carbocycles. The number of anilines is 1. The molecule has 1 aliphatic rings. The maximum Gasteiger partial charge on any atom is 0.220 e. The second-order valence-electron chi connectivity index (χ2n) is 2.94. The standard InChI is InChI=1S/C8H12N4O/c9-3-1-5-7-6(2-4-13-7)12-8(10)11-5/h1-4,9H2,(H2,10,11,12). The SMILES string of the molecule is NCCc1nc(N)nc2c1OCC2. The topological polar surface area (TPSA) is 87.0 Å². The molecule has 0 saturated heterocycles. The van der Waals surface area contributed by atoms with Gasteiger partial charge in [0.25, 0.3) is 0 Å². The Morgan fingerprint density at radius 3 is 3.00 bits per heavy atom. The minimum absolute atomic E-state index is 0.313. The average Bonchev–Trinajstić information content (AvgIpc) is 2.52. The number of hydrogen-bond acceptors (Lipinski definition) is 5. The average molecular weight is 180 g/mol. The van der Waals surface area contributed by atoms with Crippen molar-refractivity contribution in [3.8, 4) is 5.75 Å². The maximum absolute atomic E-state index is 5.54. The molecule has 0 aliphatic carbocycles. The molecule has 1 aromatic rings. The van der Waals surface area contributed by atoms with Gasteiger partial charge in [-0.15, -0.1) is 0 Å². The first-order valence-corrected chi connectivity index (χ1v) is 4.29. The van der Waals surface area contributed by atoms with E-state index >= 15 is 0 Å². The second kappa shape index (κ2) is 3.18. The van der Waals surface area contributed by atoms with Crippen molar-refractivity contribution < 1.29 is 4.74 Å². The molecule has 4 N–H and O–H groups in total. The summed E-state index contributed by atoms with van der Waals surface area (Å²) in [5, 5.41) is 0. The van der Waals surface area contributed by atoms with Crippen LogP contribution in [0.15, 0.2) is 0 Å². The highest BCUT2D eigenvalue weighted by atomic mass is 16.5. The second-order valence-corrected chi connectivity index (χ2v) is 2.94. The molecule has 0 spiro atoms. The summed E-state index contributed by atoms with van der Waals surface area (Å²) in [6.07, 6.45) is 1.51. The van der Waals surface area contributed by atoms with Crippen molar-refractivity contribution >= 4 is 5.95 Å². The van der Waals surface area contributed by atoms with Gasteiger partial charge in [-0.2, -0.15) is 0 Å². The minimum atomic E-state index is 0.313. The van der Waals surface area contributed by atoms with Gasteiger partial charge in [-0.1, -0.05) is 0 Å². The largest absolute Gasteiger partial charge is 0.489 e. The lowest BCUT2D eigenvalue weighted by Gasteiger charge is -2.05. The van der Waals surface area contributed by atoms with Crippen LogP contribution >= 0.6 is 0 Å².